The molecule has 3 aliphatic carbocycles. The molecule has 1 saturated heterocycles. The number of Topliss-reactive ketones (excluding diaryl/α,β-unsaturated/α-hetero) is 1. The highest BCUT2D eigenvalue weighted by atomic mass is 79.9. The molecule has 0 radical (unpaired) electrons. The SMILES string of the molecule is COc1cc(Br)cc([C@H]2C3=CC[C@@H]4C(=O)N(c5cc([N+](=O)[O-])c(N(C)C)c([N+](=O)[O-])c5)C(=O)[C@@H]4[C@@H]3CC3=C2C(=O)C=C(C)C3=O)c1O. The van der Waals surface area contributed by atoms with Crippen LogP contribution in [0.4, 0.5) is 22.7 Å². The molecule has 4 aliphatic rings. The molecule has 0 aromatic heterocycles. The second kappa shape index (κ2) is 11.3. The number of methoxy groups -OCH3 is 1. The third-order valence-electron chi connectivity index (χ3n) is 9.32. The Morgan fingerprint density at radius 3 is 2.21 bits per heavy atom. The van der Waals surface area contributed by atoms with Crippen molar-refractivity contribution in [2.24, 2.45) is 17.8 Å². The van der Waals surface area contributed by atoms with Crippen LogP contribution in [0.25, 0.3) is 0 Å². The zero-order valence-corrected chi connectivity index (χ0v) is 27.1. The fraction of sp³-hybridized carbons (Fsp3) is 0.312. The van der Waals surface area contributed by atoms with Gasteiger partial charge in [0.2, 0.25) is 11.8 Å². The summed E-state index contributed by atoms with van der Waals surface area (Å²) in [7, 11) is 4.17. The maximum Gasteiger partial charge on any atom is 0.301 e. The van der Waals surface area contributed by atoms with Gasteiger partial charge in [-0.3, -0.25) is 39.4 Å². The number of rotatable bonds is 6. The van der Waals surface area contributed by atoms with Crippen LogP contribution < -0.4 is 14.5 Å². The molecule has 0 unspecified atom stereocenters. The molecular weight excluding hydrogens is 680 g/mol. The number of phenolic OH excluding ortho intramolecular Hbond substituents is 1. The fourth-order valence-electron chi connectivity index (χ4n) is 7.42. The predicted octanol–water partition coefficient (Wildman–Crippen LogP) is 4.68. The first kappa shape index (κ1) is 31.8. The number of ketones is 2. The van der Waals surface area contributed by atoms with E-state index in [9.17, 15) is 44.5 Å². The average molecular weight is 707 g/mol. The molecule has 2 aromatic rings. The van der Waals surface area contributed by atoms with Gasteiger partial charge in [0.15, 0.2) is 28.8 Å². The summed E-state index contributed by atoms with van der Waals surface area (Å²) in [4.78, 5) is 79.7. The highest BCUT2D eigenvalue weighted by molar-refractivity contribution is 9.10. The third kappa shape index (κ3) is 4.75. The van der Waals surface area contributed by atoms with Gasteiger partial charge in [-0.15, -0.1) is 0 Å². The second-order valence-corrected chi connectivity index (χ2v) is 12.9. The smallest absolute Gasteiger partial charge is 0.301 e. The first-order valence-corrected chi connectivity index (χ1v) is 15.3. The van der Waals surface area contributed by atoms with Crippen LogP contribution in [0, 0.1) is 38.0 Å². The number of ether oxygens (including phenoxy) is 1. The number of carbonyl (C=O) groups is 4. The van der Waals surface area contributed by atoms with E-state index in [4.69, 9.17) is 4.74 Å². The molecule has 1 N–H and O–H groups in total. The van der Waals surface area contributed by atoms with E-state index in [1.165, 1.54) is 45.2 Å². The van der Waals surface area contributed by atoms with E-state index in [0.29, 0.717) is 10.0 Å². The molecule has 15 heteroatoms. The van der Waals surface area contributed by atoms with Crippen molar-refractivity contribution in [1.82, 2.24) is 0 Å². The summed E-state index contributed by atoms with van der Waals surface area (Å²) in [5.74, 6) is -6.15. The quantitative estimate of drug-likeness (QED) is 0.144. The van der Waals surface area contributed by atoms with E-state index in [0.717, 1.165) is 17.0 Å². The minimum atomic E-state index is -1.06. The molecule has 2 aromatic carbocycles. The molecule has 1 heterocycles. The highest BCUT2D eigenvalue weighted by Gasteiger charge is 2.57. The number of nitro groups is 2. The largest absolute Gasteiger partial charge is 0.504 e. The Morgan fingerprint density at radius 1 is 1.00 bits per heavy atom. The van der Waals surface area contributed by atoms with E-state index < -0.39 is 68.3 Å². The summed E-state index contributed by atoms with van der Waals surface area (Å²) in [5, 5.41) is 35.3. The number of benzene rings is 2. The zero-order chi connectivity index (χ0) is 34.2. The van der Waals surface area contributed by atoms with Crippen LogP contribution in [0.5, 0.6) is 11.5 Å². The highest BCUT2D eigenvalue weighted by Crippen LogP contribution is 2.57. The van der Waals surface area contributed by atoms with Crippen molar-refractivity contribution >= 4 is 62.1 Å². The van der Waals surface area contributed by atoms with E-state index in [-0.39, 0.29) is 58.0 Å². The van der Waals surface area contributed by atoms with Gasteiger partial charge in [0.05, 0.1) is 34.5 Å². The second-order valence-electron chi connectivity index (χ2n) is 12.0. The van der Waals surface area contributed by atoms with Crippen LogP contribution in [0.1, 0.15) is 31.2 Å². The molecule has 1 aliphatic heterocycles. The fourth-order valence-corrected chi connectivity index (χ4v) is 7.87. The van der Waals surface area contributed by atoms with Crippen LogP contribution in [0.2, 0.25) is 0 Å². The Bertz CT molecular complexity index is 1930. The van der Waals surface area contributed by atoms with E-state index >= 15 is 0 Å². The number of allylic oxidation sites excluding steroid dienone is 6. The minimum absolute atomic E-state index is 0.0412. The monoisotopic (exact) mass is 706 g/mol. The number of anilines is 2. The topological polar surface area (TPSA) is 190 Å². The molecule has 0 spiro atoms. The number of nitrogens with zero attached hydrogens (tertiary/aromatic N) is 4. The molecule has 14 nitrogen and oxygen atoms in total. The van der Waals surface area contributed by atoms with Crippen molar-refractivity contribution in [2.45, 2.75) is 25.7 Å². The van der Waals surface area contributed by atoms with Crippen LogP contribution in [-0.4, -0.2) is 59.5 Å². The summed E-state index contributed by atoms with van der Waals surface area (Å²) in [6.45, 7) is 1.51. The first-order valence-electron chi connectivity index (χ1n) is 14.5. The number of phenols is 1. The van der Waals surface area contributed by atoms with Crippen molar-refractivity contribution < 1.29 is 38.9 Å². The van der Waals surface area contributed by atoms with Gasteiger partial charge in [0, 0.05) is 58.9 Å². The molecule has 6 rings (SSSR count). The molecular formula is C32H27BrN4O10. The Hall–Kier alpha value is -5.18. The van der Waals surface area contributed by atoms with Gasteiger partial charge in [-0.05, 0) is 43.9 Å². The number of imide groups is 1. The number of fused-ring (bicyclic) bond motifs is 3. The van der Waals surface area contributed by atoms with Crippen molar-refractivity contribution in [3.63, 3.8) is 0 Å². The van der Waals surface area contributed by atoms with Gasteiger partial charge in [-0.25, -0.2) is 4.90 Å². The predicted molar refractivity (Wildman–Crippen MR) is 170 cm³/mol. The van der Waals surface area contributed by atoms with Crippen LogP contribution in [0.3, 0.4) is 0 Å². The standard InChI is InChI=1S/C32H27BrN4O10/c1-13-7-23(38)27-20(29(13)39)12-18-16(25(27)19-8-14(33)9-24(47-4)30(19)40)5-6-17-26(18)32(42)35(31(17)41)15-10-21(36(43)44)28(34(2)3)22(11-15)37(45)46/h5,7-11,17-18,25-26,40H,6,12H2,1-4H3/t17-,18+,25+,26-/m0/s1. The van der Waals surface area contributed by atoms with E-state index in [1.54, 1.807) is 12.1 Å². The van der Waals surface area contributed by atoms with Gasteiger partial charge < -0.3 is 14.7 Å². The number of nitro benzene ring substituents is 2. The van der Waals surface area contributed by atoms with Crippen molar-refractivity contribution in [2.75, 3.05) is 31.0 Å². The molecule has 0 bridgehead atoms. The molecule has 0 saturated carbocycles. The lowest BCUT2D eigenvalue weighted by molar-refractivity contribution is -0.392. The van der Waals surface area contributed by atoms with E-state index in [2.05, 4.69) is 15.9 Å². The zero-order valence-electron chi connectivity index (χ0n) is 25.5. The number of hydrogen-bond acceptors (Lipinski definition) is 11. The van der Waals surface area contributed by atoms with Crippen LogP contribution in [-0.2, 0) is 19.2 Å². The average Bonchev–Trinajstić information content (AvgIpc) is 3.28. The number of hydrogen-bond donors (Lipinski definition) is 1. The Kier molecular flexibility index (Phi) is 7.62. The van der Waals surface area contributed by atoms with Gasteiger partial charge in [0.25, 0.3) is 0 Å². The lowest BCUT2D eigenvalue weighted by Crippen LogP contribution is -2.39. The summed E-state index contributed by atoms with van der Waals surface area (Å²) in [6.07, 6.45) is 2.98. The van der Waals surface area contributed by atoms with E-state index in [1.807, 2.05) is 0 Å². The number of amides is 2. The molecule has 242 valence electrons. The molecule has 4 atom stereocenters. The minimum Gasteiger partial charge on any atom is -0.504 e. The summed E-state index contributed by atoms with van der Waals surface area (Å²) in [6, 6.07) is 5.08. The maximum atomic E-state index is 14.3. The Balaban J connectivity index is 1.51. The third-order valence-corrected chi connectivity index (χ3v) is 9.77. The maximum absolute atomic E-state index is 14.3. The Labute approximate surface area is 275 Å². The molecule has 2 amide bonds. The lowest BCUT2D eigenvalue weighted by atomic mass is 9.59. The Morgan fingerprint density at radius 2 is 1.64 bits per heavy atom. The lowest BCUT2D eigenvalue weighted by Gasteiger charge is -2.42. The van der Waals surface area contributed by atoms with Gasteiger partial charge in [-0.1, -0.05) is 27.6 Å². The number of aromatic hydroxyl groups is 1. The normalized spacial score (nSPS) is 23.6. The summed E-state index contributed by atoms with van der Waals surface area (Å²) >= 11 is 3.41. The molecule has 1 fully saturated rings. The van der Waals surface area contributed by atoms with Gasteiger partial charge in [0.1, 0.15) is 0 Å². The van der Waals surface area contributed by atoms with Gasteiger partial charge >= 0.3 is 11.4 Å². The van der Waals surface area contributed by atoms with Crippen molar-refractivity contribution in [3.8, 4) is 11.5 Å². The summed E-state index contributed by atoms with van der Waals surface area (Å²) < 4.78 is 5.87. The van der Waals surface area contributed by atoms with Crippen LogP contribution >= 0.6 is 15.9 Å². The van der Waals surface area contributed by atoms with Crippen molar-refractivity contribution in [3.05, 3.63) is 89.0 Å². The van der Waals surface area contributed by atoms with Crippen molar-refractivity contribution in [1.29, 1.82) is 0 Å². The summed E-state index contributed by atoms with van der Waals surface area (Å²) in [5.41, 5.74) is -0.584. The number of halogens is 1. The number of carbonyl (C=O) groups excluding carboxylic acids is 4. The first-order chi connectivity index (χ1) is 22.2. The van der Waals surface area contributed by atoms with Gasteiger partial charge in [-0.2, -0.15) is 0 Å². The van der Waals surface area contributed by atoms with Crippen LogP contribution in [0.15, 0.2) is 63.2 Å². The molecule has 47 heavy (non-hydrogen) atoms.